The van der Waals surface area contributed by atoms with Crippen LogP contribution in [0.15, 0.2) is 59.0 Å². The first kappa shape index (κ1) is 22.0. The fourth-order valence-electron chi connectivity index (χ4n) is 3.96. The molecule has 0 saturated heterocycles. The Morgan fingerprint density at radius 2 is 1.88 bits per heavy atom. The van der Waals surface area contributed by atoms with E-state index in [0.29, 0.717) is 37.6 Å². The molecule has 1 aliphatic rings. The van der Waals surface area contributed by atoms with Gasteiger partial charge in [0.05, 0.1) is 20.1 Å². The van der Waals surface area contributed by atoms with Crippen LogP contribution in [0, 0.1) is 0 Å². The van der Waals surface area contributed by atoms with Crippen LogP contribution in [0.4, 0.5) is 0 Å². The van der Waals surface area contributed by atoms with Gasteiger partial charge in [-0.25, -0.2) is 0 Å². The van der Waals surface area contributed by atoms with Gasteiger partial charge in [0, 0.05) is 25.1 Å². The third-order valence-corrected chi connectivity index (χ3v) is 5.56. The van der Waals surface area contributed by atoms with Crippen molar-refractivity contribution in [3.05, 3.63) is 82.8 Å². The molecule has 0 unspecified atom stereocenters. The van der Waals surface area contributed by atoms with Gasteiger partial charge in [0.2, 0.25) is 5.91 Å². The van der Waals surface area contributed by atoms with Gasteiger partial charge in [0.1, 0.15) is 18.1 Å². The smallest absolute Gasteiger partial charge is 0.227 e. The lowest BCUT2D eigenvalue weighted by atomic mass is 10.1. The molecule has 0 radical (unpaired) electrons. The Morgan fingerprint density at radius 1 is 1.06 bits per heavy atom. The first-order valence-electron chi connectivity index (χ1n) is 10.9. The van der Waals surface area contributed by atoms with E-state index >= 15 is 0 Å². The number of hydrogen-bond donors (Lipinski definition) is 0. The lowest BCUT2D eigenvalue weighted by molar-refractivity contribution is -0.131. The number of methoxy groups -OCH3 is 1. The summed E-state index contributed by atoms with van der Waals surface area (Å²) in [6.07, 6.45) is 1.08. The molecule has 0 atom stereocenters. The van der Waals surface area contributed by atoms with Crippen molar-refractivity contribution < 1.29 is 18.7 Å². The zero-order valence-electron chi connectivity index (χ0n) is 19.0. The lowest BCUT2D eigenvalue weighted by Crippen LogP contribution is -2.36. The molecule has 1 amide bonds. The maximum Gasteiger partial charge on any atom is 0.227 e. The van der Waals surface area contributed by atoms with Crippen molar-refractivity contribution in [1.82, 2.24) is 9.80 Å². The summed E-state index contributed by atoms with van der Waals surface area (Å²) in [6, 6.07) is 17.8. The van der Waals surface area contributed by atoms with Crippen molar-refractivity contribution >= 4 is 5.91 Å². The number of carbonyl (C=O) groups excluding carboxylic acids is 1. The third-order valence-electron chi connectivity index (χ3n) is 5.56. The Balaban J connectivity index is 1.38. The van der Waals surface area contributed by atoms with Crippen molar-refractivity contribution in [3.8, 4) is 11.5 Å². The van der Waals surface area contributed by atoms with Crippen molar-refractivity contribution in [3.63, 3.8) is 0 Å². The van der Waals surface area contributed by atoms with Gasteiger partial charge in [0.25, 0.3) is 0 Å². The van der Waals surface area contributed by atoms with E-state index in [1.165, 1.54) is 0 Å². The molecule has 2 heterocycles. The zero-order valence-corrected chi connectivity index (χ0v) is 19.0. The van der Waals surface area contributed by atoms with Crippen LogP contribution in [0.25, 0.3) is 0 Å². The lowest BCUT2D eigenvalue weighted by Gasteiger charge is -2.26. The van der Waals surface area contributed by atoms with E-state index in [1.54, 1.807) is 7.11 Å². The maximum absolute atomic E-state index is 13.0. The van der Waals surface area contributed by atoms with Crippen molar-refractivity contribution in [2.75, 3.05) is 27.7 Å². The highest BCUT2D eigenvalue weighted by Crippen LogP contribution is 2.30. The Labute approximate surface area is 189 Å². The Hall–Kier alpha value is -3.25. The number of ether oxygens (including phenoxy) is 2. The van der Waals surface area contributed by atoms with Gasteiger partial charge in [-0.2, -0.15) is 0 Å². The summed E-state index contributed by atoms with van der Waals surface area (Å²) in [5.41, 5.74) is 3.11. The zero-order chi connectivity index (χ0) is 22.5. The predicted molar refractivity (Wildman–Crippen MR) is 123 cm³/mol. The molecule has 1 aliphatic heterocycles. The molecule has 1 aromatic heterocycles. The number of fused-ring (bicyclic) bond motifs is 1. The molecule has 3 aromatic rings. The number of amides is 1. The number of nitrogens with zero attached hydrogens (tertiary/aromatic N) is 2. The average molecular weight is 435 g/mol. The van der Waals surface area contributed by atoms with Gasteiger partial charge in [-0.05, 0) is 43.4 Å². The fourth-order valence-corrected chi connectivity index (χ4v) is 3.96. The van der Waals surface area contributed by atoms with Crippen LogP contribution in [0.5, 0.6) is 11.5 Å². The highest BCUT2D eigenvalue weighted by molar-refractivity contribution is 5.79. The minimum absolute atomic E-state index is 0.103. The molecule has 4 rings (SSSR count). The molecule has 0 aliphatic carbocycles. The van der Waals surface area contributed by atoms with Crippen LogP contribution >= 0.6 is 0 Å². The SMILES string of the molecule is COc1cc(CC(=O)N2CCc3oc(CN(C)C)cc3C2)ccc1OCc1ccccc1. The Kier molecular flexibility index (Phi) is 6.81. The second-order valence-electron chi connectivity index (χ2n) is 8.40. The van der Waals surface area contributed by atoms with Crippen LogP contribution in [-0.2, 0) is 37.3 Å². The topological polar surface area (TPSA) is 55.2 Å². The minimum Gasteiger partial charge on any atom is -0.493 e. The van der Waals surface area contributed by atoms with Gasteiger partial charge in [-0.15, -0.1) is 0 Å². The summed E-state index contributed by atoms with van der Waals surface area (Å²) in [4.78, 5) is 17.0. The summed E-state index contributed by atoms with van der Waals surface area (Å²) >= 11 is 0. The number of furan rings is 1. The maximum atomic E-state index is 13.0. The molecule has 0 N–H and O–H groups in total. The first-order chi connectivity index (χ1) is 15.5. The largest absolute Gasteiger partial charge is 0.493 e. The Morgan fingerprint density at radius 3 is 2.62 bits per heavy atom. The standard InChI is InChI=1S/C26H30N2O4/c1-27(2)17-22-15-21-16-28(12-11-23(21)32-22)26(29)14-20-9-10-24(25(13-20)30-3)31-18-19-7-5-4-6-8-19/h4-10,13,15H,11-12,14,16-18H2,1-3H3. The number of rotatable bonds is 8. The van der Waals surface area contributed by atoms with E-state index in [4.69, 9.17) is 13.9 Å². The van der Waals surface area contributed by atoms with E-state index in [2.05, 4.69) is 11.0 Å². The van der Waals surface area contributed by atoms with E-state index in [0.717, 1.165) is 41.2 Å². The van der Waals surface area contributed by atoms with Crippen molar-refractivity contribution in [1.29, 1.82) is 0 Å². The monoisotopic (exact) mass is 434 g/mol. The highest BCUT2D eigenvalue weighted by atomic mass is 16.5. The molecule has 168 valence electrons. The second kappa shape index (κ2) is 9.92. The van der Waals surface area contributed by atoms with Gasteiger partial charge in [0.15, 0.2) is 11.5 Å². The molecular formula is C26H30N2O4. The molecule has 0 saturated carbocycles. The van der Waals surface area contributed by atoms with Gasteiger partial charge in [-0.3, -0.25) is 4.79 Å². The van der Waals surface area contributed by atoms with Gasteiger partial charge < -0.3 is 23.7 Å². The van der Waals surface area contributed by atoms with Gasteiger partial charge >= 0.3 is 0 Å². The number of benzene rings is 2. The fraction of sp³-hybridized carbons (Fsp3) is 0.346. The molecule has 2 aromatic carbocycles. The van der Waals surface area contributed by atoms with Crippen molar-refractivity contribution in [2.45, 2.75) is 32.5 Å². The van der Waals surface area contributed by atoms with Crippen LogP contribution in [0.3, 0.4) is 0 Å². The summed E-state index contributed by atoms with van der Waals surface area (Å²) in [5, 5.41) is 0. The summed E-state index contributed by atoms with van der Waals surface area (Å²) < 4.78 is 17.4. The third kappa shape index (κ3) is 5.32. The molecular weight excluding hydrogens is 404 g/mol. The van der Waals surface area contributed by atoms with Crippen LogP contribution < -0.4 is 9.47 Å². The molecule has 6 nitrogen and oxygen atoms in total. The van der Waals surface area contributed by atoms with Crippen LogP contribution in [-0.4, -0.2) is 43.5 Å². The minimum atomic E-state index is 0.103. The Bertz CT molecular complexity index is 1060. The molecule has 32 heavy (non-hydrogen) atoms. The number of carbonyl (C=O) groups is 1. The van der Waals surface area contributed by atoms with E-state index in [9.17, 15) is 4.79 Å². The normalized spacial score (nSPS) is 13.2. The predicted octanol–water partition coefficient (Wildman–Crippen LogP) is 4.06. The highest BCUT2D eigenvalue weighted by Gasteiger charge is 2.24. The van der Waals surface area contributed by atoms with Crippen molar-refractivity contribution in [2.24, 2.45) is 0 Å². The summed E-state index contributed by atoms with van der Waals surface area (Å²) in [5.74, 6) is 3.36. The van der Waals surface area contributed by atoms with Gasteiger partial charge in [-0.1, -0.05) is 36.4 Å². The van der Waals surface area contributed by atoms with E-state index in [-0.39, 0.29) is 5.91 Å². The van der Waals surface area contributed by atoms with Crippen LogP contribution in [0.2, 0.25) is 0 Å². The molecule has 0 bridgehead atoms. The first-order valence-corrected chi connectivity index (χ1v) is 10.9. The molecule has 6 heteroatoms. The quantitative estimate of drug-likeness (QED) is 0.535. The van der Waals surface area contributed by atoms with E-state index < -0.39 is 0 Å². The second-order valence-corrected chi connectivity index (χ2v) is 8.40. The summed E-state index contributed by atoms with van der Waals surface area (Å²) in [6.45, 7) is 2.50. The molecule has 0 fully saturated rings. The summed E-state index contributed by atoms with van der Waals surface area (Å²) in [7, 11) is 5.65. The molecule has 0 spiro atoms. The average Bonchev–Trinajstić information content (AvgIpc) is 3.19. The van der Waals surface area contributed by atoms with Crippen LogP contribution in [0.1, 0.15) is 28.2 Å². The number of hydrogen-bond acceptors (Lipinski definition) is 5. The van der Waals surface area contributed by atoms with E-state index in [1.807, 2.05) is 67.5 Å².